The molecule has 0 radical (unpaired) electrons. The molecule has 2 atom stereocenters. The van der Waals surface area contributed by atoms with Crippen molar-refractivity contribution in [3.05, 3.63) is 16.1 Å². The van der Waals surface area contributed by atoms with Crippen molar-refractivity contribution in [1.82, 2.24) is 15.6 Å². The van der Waals surface area contributed by atoms with E-state index in [1.165, 1.54) is 11.3 Å². The molecule has 112 valence electrons. The zero-order chi connectivity index (χ0) is 15.1. The molecule has 0 aromatic carbocycles. The van der Waals surface area contributed by atoms with Gasteiger partial charge in [0.1, 0.15) is 11.0 Å². The topological polar surface area (TPSA) is 91.3 Å². The summed E-state index contributed by atoms with van der Waals surface area (Å²) in [4.78, 5) is 28.1. The third-order valence-electron chi connectivity index (χ3n) is 2.57. The Morgan fingerprint density at radius 3 is 2.70 bits per heavy atom. The molecule has 1 aromatic heterocycles. The van der Waals surface area contributed by atoms with Gasteiger partial charge in [0.25, 0.3) is 0 Å². The second-order valence-electron chi connectivity index (χ2n) is 4.32. The molecule has 2 amide bonds. The molecule has 0 spiro atoms. The molecular weight excluding hydrogens is 298 g/mol. The largest absolute Gasteiger partial charge is 0.480 e. The van der Waals surface area contributed by atoms with Crippen molar-refractivity contribution in [2.45, 2.75) is 32.4 Å². The summed E-state index contributed by atoms with van der Waals surface area (Å²) in [5, 5.41) is 15.0. The third-order valence-corrected chi connectivity index (χ3v) is 4.31. The van der Waals surface area contributed by atoms with E-state index in [0.717, 1.165) is 9.88 Å². The smallest absolute Gasteiger partial charge is 0.326 e. The Balaban J connectivity index is 2.50. The van der Waals surface area contributed by atoms with Crippen LogP contribution >= 0.6 is 23.1 Å². The molecule has 3 N–H and O–H groups in total. The summed E-state index contributed by atoms with van der Waals surface area (Å²) in [6, 6.07) is -1.60. The Kier molecular flexibility index (Phi) is 6.80. The zero-order valence-electron chi connectivity index (χ0n) is 11.7. The first-order valence-corrected chi connectivity index (χ1v) is 8.36. The van der Waals surface area contributed by atoms with Crippen LogP contribution in [0.15, 0.2) is 6.20 Å². The summed E-state index contributed by atoms with van der Waals surface area (Å²) >= 11 is 3.05. The van der Waals surface area contributed by atoms with Gasteiger partial charge in [-0.15, -0.1) is 11.3 Å². The Bertz CT molecular complexity index is 465. The van der Waals surface area contributed by atoms with Crippen LogP contribution in [0.25, 0.3) is 0 Å². The lowest BCUT2D eigenvalue weighted by Crippen LogP contribution is -2.46. The number of carbonyl (C=O) groups is 2. The number of thioether (sulfide) groups is 1. The van der Waals surface area contributed by atoms with Crippen molar-refractivity contribution >= 4 is 35.1 Å². The van der Waals surface area contributed by atoms with Crippen LogP contribution in [0.2, 0.25) is 0 Å². The van der Waals surface area contributed by atoms with Crippen molar-refractivity contribution in [2.75, 3.05) is 12.0 Å². The number of carboxylic acid groups (broad SMARTS) is 1. The number of hydrogen-bond acceptors (Lipinski definition) is 5. The molecule has 20 heavy (non-hydrogen) atoms. The fraction of sp³-hybridized carbons (Fsp3) is 0.583. The second-order valence-corrected chi connectivity index (χ2v) is 6.57. The summed E-state index contributed by atoms with van der Waals surface area (Å²) in [7, 11) is 0. The molecule has 6 nitrogen and oxygen atoms in total. The molecule has 0 saturated carbocycles. The van der Waals surface area contributed by atoms with Crippen molar-refractivity contribution in [2.24, 2.45) is 0 Å². The maximum absolute atomic E-state index is 11.8. The molecule has 0 aliphatic carbocycles. The predicted octanol–water partition coefficient (Wildman–Crippen LogP) is 2.02. The Labute approximate surface area is 126 Å². The molecule has 1 rings (SSSR count). The average molecular weight is 317 g/mol. The van der Waals surface area contributed by atoms with Gasteiger partial charge in [0.05, 0.1) is 6.04 Å². The minimum atomic E-state index is -1.02. The van der Waals surface area contributed by atoms with Gasteiger partial charge in [-0.2, -0.15) is 11.8 Å². The van der Waals surface area contributed by atoms with Crippen LogP contribution in [-0.2, 0) is 4.79 Å². The van der Waals surface area contributed by atoms with Gasteiger partial charge in [-0.05, 0) is 32.3 Å². The maximum atomic E-state index is 11.8. The van der Waals surface area contributed by atoms with Crippen LogP contribution in [0.4, 0.5) is 4.79 Å². The molecule has 0 aliphatic heterocycles. The number of nitrogens with zero attached hydrogens (tertiary/aromatic N) is 1. The average Bonchev–Trinajstić information content (AvgIpc) is 2.80. The Hall–Kier alpha value is -1.28. The molecule has 0 saturated heterocycles. The van der Waals surface area contributed by atoms with Gasteiger partial charge < -0.3 is 15.7 Å². The maximum Gasteiger partial charge on any atom is 0.326 e. The summed E-state index contributed by atoms with van der Waals surface area (Å²) in [6.45, 7) is 3.76. The quantitative estimate of drug-likeness (QED) is 0.715. The highest BCUT2D eigenvalue weighted by Gasteiger charge is 2.21. The molecular formula is C12H19N3O3S2. The van der Waals surface area contributed by atoms with Crippen molar-refractivity contribution in [1.29, 1.82) is 0 Å². The summed E-state index contributed by atoms with van der Waals surface area (Å²) < 4.78 is 0. The van der Waals surface area contributed by atoms with E-state index in [1.807, 2.05) is 20.1 Å². The molecule has 0 aliphatic rings. The number of carbonyl (C=O) groups excluding carboxylic acids is 1. The predicted molar refractivity (Wildman–Crippen MR) is 81.4 cm³/mol. The van der Waals surface area contributed by atoms with Crippen molar-refractivity contribution in [3.63, 3.8) is 0 Å². The van der Waals surface area contributed by atoms with Gasteiger partial charge in [-0.25, -0.2) is 14.6 Å². The van der Waals surface area contributed by atoms with Crippen LogP contribution in [0, 0.1) is 6.92 Å². The number of rotatable bonds is 7. The van der Waals surface area contributed by atoms with Gasteiger partial charge in [-0.1, -0.05) is 0 Å². The fourth-order valence-corrected chi connectivity index (χ4v) is 2.77. The Morgan fingerprint density at radius 2 is 2.20 bits per heavy atom. The first-order valence-electron chi connectivity index (χ1n) is 6.15. The highest BCUT2D eigenvalue weighted by molar-refractivity contribution is 7.98. The molecule has 1 unspecified atom stereocenters. The Morgan fingerprint density at radius 1 is 1.50 bits per heavy atom. The lowest BCUT2D eigenvalue weighted by atomic mass is 10.2. The van der Waals surface area contributed by atoms with Crippen LogP contribution < -0.4 is 10.6 Å². The normalized spacial score (nSPS) is 13.6. The fourth-order valence-electron chi connectivity index (χ4n) is 1.52. The molecule has 8 heteroatoms. The van der Waals surface area contributed by atoms with Gasteiger partial charge in [0.15, 0.2) is 0 Å². The number of aliphatic carboxylic acids is 1. The van der Waals surface area contributed by atoms with Crippen LogP contribution in [-0.4, -0.2) is 40.1 Å². The summed E-state index contributed by atoms with van der Waals surface area (Å²) in [5.74, 6) is -0.342. The molecule has 0 bridgehead atoms. The highest BCUT2D eigenvalue weighted by Crippen LogP contribution is 2.18. The lowest BCUT2D eigenvalue weighted by molar-refractivity contribution is -0.139. The van der Waals surface area contributed by atoms with Gasteiger partial charge in [0, 0.05) is 11.1 Å². The summed E-state index contributed by atoms with van der Waals surface area (Å²) in [5.41, 5.74) is 0. The van der Waals surface area contributed by atoms with Gasteiger partial charge >= 0.3 is 12.0 Å². The summed E-state index contributed by atoms with van der Waals surface area (Å²) in [6.07, 6.45) is 4.04. The van der Waals surface area contributed by atoms with Gasteiger partial charge in [-0.3, -0.25) is 0 Å². The van der Waals surface area contributed by atoms with E-state index in [0.29, 0.717) is 12.2 Å². The molecule has 1 heterocycles. The number of hydrogen-bond donors (Lipinski definition) is 3. The first kappa shape index (κ1) is 16.8. The number of urea groups is 1. The van der Waals surface area contributed by atoms with Crippen LogP contribution in [0.5, 0.6) is 0 Å². The minimum absolute atomic E-state index is 0.247. The van der Waals surface area contributed by atoms with E-state index in [-0.39, 0.29) is 6.04 Å². The van der Waals surface area contributed by atoms with E-state index in [4.69, 9.17) is 5.11 Å². The van der Waals surface area contributed by atoms with Gasteiger partial charge in [0.2, 0.25) is 0 Å². The SMILES string of the molecule is CSCC[C@@H](NC(=O)NC(C)c1ncc(C)s1)C(=O)O. The molecule has 1 aromatic rings. The second kappa shape index (κ2) is 8.11. The zero-order valence-corrected chi connectivity index (χ0v) is 13.3. The minimum Gasteiger partial charge on any atom is -0.480 e. The van der Waals surface area contributed by atoms with E-state index < -0.39 is 18.0 Å². The number of nitrogens with one attached hydrogen (secondary N) is 2. The van der Waals surface area contributed by atoms with E-state index in [9.17, 15) is 9.59 Å². The number of amides is 2. The number of aromatic nitrogens is 1. The van der Waals surface area contributed by atoms with Crippen LogP contribution in [0.1, 0.15) is 29.3 Å². The van der Waals surface area contributed by atoms with E-state index >= 15 is 0 Å². The lowest BCUT2D eigenvalue weighted by Gasteiger charge is -2.17. The van der Waals surface area contributed by atoms with E-state index in [1.54, 1.807) is 18.0 Å². The number of aryl methyl sites for hydroxylation is 1. The molecule has 0 fully saturated rings. The third kappa shape index (κ3) is 5.38. The monoisotopic (exact) mass is 317 g/mol. The van der Waals surface area contributed by atoms with Crippen molar-refractivity contribution in [3.8, 4) is 0 Å². The highest BCUT2D eigenvalue weighted by atomic mass is 32.2. The number of thiazole rings is 1. The van der Waals surface area contributed by atoms with E-state index in [2.05, 4.69) is 15.6 Å². The standard InChI is InChI=1S/C12H19N3O3S2/c1-7-6-13-10(20-7)8(2)14-12(18)15-9(11(16)17)4-5-19-3/h6,8-9H,4-5H2,1-3H3,(H,16,17)(H2,14,15,18)/t8?,9-/m1/s1. The van der Waals surface area contributed by atoms with Crippen molar-refractivity contribution < 1.29 is 14.7 Å². The number of carboxylic acids is 1. The van der Waals surface area contributed by atoms with Crippen LogP contribution in [0.3, 0.4) is 0 Å². The first-order chi connectivity index (χ1) is 9.43.